The Kier molecular flexibility index (Phi) is 10.9. The van der Waals surface area contributed by atoms with Gasteiger partial charge in [-0.25, -0.2) is 8.42 Å². The normalized spacial score (nSPS) is 14.7. The number of hydrogen-bond acceptors (Lipinski definition) is 4. The highest BCUT2D eigenvalue weighted by Crippen LogP contribution is 2.29. The van der Waals surface area contributed by atoms with Gasteiger partial charge in [-0.1, -0.05) is 103 Å². The van der Waals surface area contributed by atoms with Gasteiger partial charge in [-0.15, -0.1) is 0 Å². The van der Waals surface area contributed by atoms with Gasteiger partial charge in [0.15, 0.2) is 0 Å². The van der Waals surface area contributed by atoms with Gasteiger partial charge < -0.3 is 10.2 Å². The molecule has 7 nitrogen and oxygen atoms in total. The van der Waals surface area contributed by atoms with Crippen LogP contribution in [0.25, 0.3) is 0 Å². The van der Waals surface area contributed by atoms with Crippen molar-refractivity contribution < 1.29 is 18.0 Å². The molecule has 1 unspecified atom stereocenters. The Morgan fingerprint density at radius 3 is 2.24 bits per heavy atom. The van der Waals surface area contributed by atoms with Crippen LogP contribution in [0.5, 0.6) is 0 Å². The number of rotatable bonds is 11. The molecule has 3 aromatic carbocycles. The molecule has 0 heterocycles. The summed E-state index contributed by atoms with van der Waals surface area (Å²) in [6, 6.07) is 20.9. The van der Waals surface area contributed by atoms with Crippen molar-refractivity contribution in [3.05, 3.63) is 99.5 Å². The highest BCUT2D eigenvalue weighted by atomic mass is 35.5. The van der Waals surface area contributed by atoms with Crippen LogP contribution in [-0.2, 0) is 32.6 Å². The molecular formula is C32H37Cl2N3O4S. The first kappa shape index (κ1) is 31.9. The lowest BCUT2D eigenvalue weighted by atomic mass is 9.94. The molecule has 10 heteroatoms. The van der Waals surface area contributed by atoms with Crippen LogP contribution in [0, 0.1) is 6.92 Å². The molecular weight excluding hydrogens is 593 g/mol. The number of benzene rings is 3. The largest absolute Gasteiger partial charge is 0.352 e. The first-order chi connectivity index (χ1) is 20.0. The summed E-state index contributed by atoms with van der Waals surface area (Å²) < 4.78 is 26.9. The van der Waals surface area contributed by atoms with Crippen molar-refractivity contribution in [2.24, 2.45) is 0 Å². The average molecular weight is 631 g/mol. The zero-order valence-corrected chi connectivity index (χ0v) is 26.3. The Hall–Kier alpha value is -3.07. The second-order valence-electron chi connectivity index (χ2n) is 10.9. The van der Waals surface area contributed by atoms with Gasteiger partial charge in [0, 0.05) is 19.0 Å². The Morgan fingerprint density at radius 2 is 1.60 bits per heavy atom. The molecule has 2 amide bonds. The molecule has 42 heavy (non-hydrogen) atoms. The van der Waals surface area contributed by atoms with Gasteiger partial charge in [0.05, 0.1) is 22.0 Å². The van der Waals surface area contributed by atoms with Crippen LogP contribution in [0.1, 0.15) is 48.8 Å². The Bertz CT molecular complexity index is 1490. The molecule has 1 saturated carbocycles. The molecule has 0 saturated heterocycles. The van der Waals surface area contributed by atoms with Crippen molar-refractivity contribution in [2.45, 2.75) is 64.1 Å². The number of carbonyl (C=O) groups excluding carboxylic acids is 2. The maximum atomic E-state index is 14.2. The fraction of sp³-hybridized carbons (Fsp3) is 0.375. The van der Waals surface area contributed by atoms with Crippen molar-refractivity contribution in [1.82, 2.24) is 10.2 Å². The van der Waals surface area contributed by atoms with E-state index < -0.39 is 28.5 Å². The molecule has 1 aliphatic rings. The summed E-state index contributed by atoms with van der Waals surface area (Å²) in [6.45, 7) is 1.59. The molecule has 224 valence electrons. The fourth-order valence-electron chi connectivity index (χ4n) is 5.36. The van der Waals surface area contributed by atoms with E-state index in [1.165, 1.54) is 23.1 Å². The predicted octanol–water partition coefficient (Wildman–Crippen LogP) is 6.16. The quantitative estimate of drug-likeness (QED) is 0.275. The maximum Gasteiger partial charge on any atom is 0.244 e. The first-order valence-corrected chi connectivity index (χ1v) is 16.7. The van der Waals surface area contributed by atoms with Gasteiger partial charge >= 0.3 is 0 Å². The van der Waals surface area contributed by atoms with Gasteiger partial charge in [-0.05, 0) is 49.1 Å². The van der Waals surface area contributed by atoms with E-state index in [4.69, 9.17) is 23.2 Å². The predicted molar refractivity (Wildman–Crippen MR) is 169 cm³/mol. The van der Waals surface area contributed by atoms with E-state index in [0.29, 0.717) is 0 Å². The third kappa shape index (κ3) is 8.72. The van der Waals surface area contributed by atoms with Gasteiger partial charge in [-0.3, -0.25) is 13.9 Å². The monoisotopic (exact) mass is 629 g/mol. The number of anilines is 1. The molecule has 0 radical (unpaired) electrons. The molecule has 3 aromatic rings. The van der Waals surface area contributed by atoms with Gasteiger partial charge in [0.2, 0.25) is 21.8 Å². The van der Waals surface area contributed by atoms with E-state index in [0.717, 1.165) is 59.4 Å². The molecule has 1 fully saturated rings. The summed E-state index contributed by atoms with van der Waals surface area (Å²) in [4.78, 5) is 29.7. The van der Waals surface area contributed by atoms with E-state index in [2.05, 4.69) is 5.32 Å². The third-order valence-electron chi connectivity index (χ3n) is 7.53. The minimum atomic E-state index is -3.90. The van der Waals surface area contributed by atoms with Crippen molar-refractivity contribution in [3.8, 4) is 0 Å². The summed E-state index contributed by atoms with van der Waals surface area (Å²) in [6.07, 6.45) is 6.35. The summed E-state index contributed by atoms with van der Waals surface area (Å²) >= 11 is 12.3. The van der Waals surface area contributed by atoms with Crippen LogP contribution < -0.4 is 9.62 Å². The smallest absolute Gasteiger partial charge is 0.244 e. The van der Waals surface area contributed by atoms with E-state index in [-0.39, 0.29) is 40.6 Å². The number of hydrogen-bond donors (Lipinski definition) is 1. The molecule has 0 aromatic heterocycles. The molecule has 0 bridgehead atoms. The lowest BCUT2D eigenvalue weighted by molar-refractivity contribution is -0.140. The molecule has 0 aliphatic heterocycles. The van der Waals surface area contributed by atoms with E-state index in [1.807, 2.05) is 61.5 Å². The van der Waals surface area contributed by atoms with E-state index in [9.17, 15) is 18.0 Å². The fourth-order valence-corrected chi connectivity index (χ4v) is 6.49. The van der Waals surface area contributed by atoms with Crippen LogP contribution in [0.15, 0.2) is 72.8 Å². The number of sulfonamides is 1. The highest BCUT2D eigenvalue weighted by molar-refractivity contribution is 7.92. The molecule has 0 spiro atoms. The van der Waals surface area contributed by atoms with Crippen LogP contribution in [0.2, 0.25) is 10.0 Å². The van der Waals surface area contributed by atoms with Gasteiger partial charge in [-0.2, -0.15) is 0 Å². The van der Waals surface area contributed by atoms with Crippen LogP contribution in [-0.4, -0.2) is 50.0 Å². The van der Waals surface area contributed by atoms with Crippen molar-refractivity contribution in [1.29, 1.82) is 0 Å². The molecule has 1 atom stereocenters. The lowest BCUT2D eigenvalue weighted by Crippen LogP contribution is -2.55. The Balaban J connectivity index is 1.73. The number of halogens is 2. The van der Waals surface area contributed by atoms with Crippen molar-refractivity contribution in [3.63, 3.8) is 0 Å². The molecule has 4 rings (SSSR count). The minimum absolute atomic E-state index is 0.0455. The van der Waals surface area contributed by atoms with E-state index >= 15 is 0 Å². The summed E-state index contributed by atoms with van der Waals surface area (Å²) in [5, 5.41) is 3.64. The zero-order valence-electron chi connectivity index (χ0n) is 23.9. The van der Waals surface area contributed by atoms with Crippen molar-refractivity contribution >= 4 is 50.7 Å². The van der Waals surface area contributed by atoms with E-state index in [1.54, 1.807) is 0 Å². The number of nitrogens with one attached hydrogen (secondary N) is 1. The average Bonchev–Trinajstić information content (AvgIpc) is 2.95. The van der Waals surface area contributed by atoms with Crippen molar-refractivity contribution in [2.75, 3.05) is 17.1 Å². The van der Waals surface area contributed by atoms with Crippen LogP contribution >= 0.6 is 23.2 Å². The SMILES string of the molecule is Cc1cccc(CN(C(=O)CN(c2ccc(Cl)c(Cl)c2)S(C)(=O)=O)C(Cc2ccccc2)C(=O)NC2CCCCC2)c1. The standard InChI is InChI=1S/C32H37Cl2N3O4S/c1-23-10-9-13-25(18-23)21-36(31(38)22-37(42(2,40)41)27-16-17-28(33)29(34)20-27)30(19-24-11-5-3-6-12-24)32(39)35-26-14-7-4-8-15-26/h3,5-6,9-13,16-18,20,26,30H,4,7-8,14-15,19,21-22H2,1-2H3,(H,35,39). The summed E-state index contributed by atoms with van der Waals surface area (Å²) in [7, 11) is -3.90. The van der Waals surface area contributed by atoms with Gasteiger partial charge in [0.25, 0.3) is 0 Å². The number of carbonyl (C=O) groups is 2. The maximum absolute atomic E-state index is 14.2. The first-order valence-electron chi connectivity index (χ1n) is 14.1. The topological polar surface area (TPSA) is 86.8 Å². The number of amides is 2. The second-order valence-corrected chi connectivity index (χ2v) is 13.6. The minimum Gasteiger partial charge on any atom is -0.352 e. The number of nitrogens with zero attached hydrogens (tertiary/aromatic N) is 2. The highest BCUT2D eigenvalue weighted by Gasteiger charge is 2.34. The summed E-state index contributed by atoms with van der Waals surface area (Å²) in [5.74, 6) is -0.750. The summed E-state index contributed by atoms with van der Waals surface area (Å²) in [5.41, 5.74) is 2.96. The van der Waals surface area contributed by atoms with Crippen LogP contribution in [0.4, 0.5) is 5.69 Å². The second kappa shape index (κ2) is 14.4. The lowest BCUT2D eigenvalue weighted by Gasteiger charge is -2.35. The third-order valence-corrected chi connectivity index (χ3v) is 9.41. The van der Waals surface area contributed by atoms with Crippen LogP contribution in [0.3, 0.4) is 0 Å². The van der Waals surface area contributed by atoms with Gasteiger partial charge in [0.1, 0.15) is 12.6 Å². The molecule has 1 N–H and O–H groups in total. The molecule has 1 aliphatic carbocycles. The zero-order chi connectivity index (χ0) is 30.3. The number of aryl methyl sites for hydroxylation is 1. The Labute approximate surface area is 258 Å². The Morgan fingerprint density at radius 1 is 0.905 bits per heavy atom.